The molecular formula is C9H14BrN3O2. The van der Waals surface area contributed by atoms with E-state index in [-0.39, 0.29) is 6.10 Å². The summed E-state index contributed by atoms with van der Waals surface area (Å²) in [6.07, 6.45) is 1.91. The number of rotatable bonds is 5. The van der Waals surface area contributed by atoms with Crippen molar-refractivity contribution < 1.29 is 9.84 Å². The number of aromatic nitrogens is 2. The topological polar surface area (TPSA) is 67.3 Å². The van der Waals surface area contributed by atoms with Gasteiger partial charge in [0.1, 0.15) is 0 Å². The Bertz CT molecular complexity index is 322. The summed E-state index contributed by atoms with van der Waals surface area (Å²) in [5.74, 6) is 0.918. The number of nitrogens with one attached hydrogen (secondary N) is 1. The molecule has 15 heavy (non-hydrogen) atoms. The number of ether oxygens (including phenoxy) is 1. The van der Waals surface area contributed by atoms with Gasteiger partial charge in [0.15, 0.2) is 0 Å². The van der Waals surface area contributed by atoms with Crippen LogP contribution in [0.15, 0.2) is 10.7 Å². The molecule has 1 rings (SSSR count). The van der Waals surface area contributed by atoms with Crippen LogP contribution in [0.25, 0.3) is 0 Å². The van der Waals surface area contributed by atoms with Crippen molar-refractivity contribution in [3.8, 4) is 5.88 Å². The van der Waals surface area contributed by atoms with Gasteiger partial charge in [0.25, 0.3) is 0 Å². The molecule has 0 saturated carbocycles. The second-order valence-electron chi connectivity index (χ2n) is 2.99. The highest BCUT2D eigenvalue weighted by Gasteiger charge is 2.06. The number of nitrogens with zero attached hydrogens (tertiary/aromatic N) is 2. The lowest BCUT2D eigenvalue weighted by molar-refractivity contribution is 0.183. The largest absolute Gasteiger partial charge is 0.480 e. The third-order valence-corrected chi connectivity index (χ3v) is 2.42. The molecule has 0 bridgehead atoms. The molecule has 0 spiro atoms. The molecule has 1 heterocycles. The van der Waals surface area contributed by atoms with Crippen molar-refractivity contribution in [2.75, 3.05) is 19.0 Å². The molecule has 0 aliphatic carbocycles. The normalized spacial score (nSPS) is 12.3. The number of aliphatic hydroxyl groups excluding tert-OH is 1. The molecule has 6 heteroatoms. The van der Waals surface area contributed by atoms with E-state index >= 15 is 0 Å². The zero-order valence-electron chi connectivity index (χ0n) is 8.70. The Morgan fingerprint density at radius 3 is 3.00 bits per heavy atom. The predicted molar refractivity (Wildman–Crippen MR) is 61.1 cm³/mol. The van der Waals surface area contributed by atoms with Crippen LogP contribution < -0.4 is 10.1 Å². The van der Waals surface area contributed by atoms with Gasteiger partial charge in [-0.25, -0.2) is 4.98 Å². The van der Waals surface area contributed by atoms with Gasteiger partial charge in [-0.15, -0.1) is 0 Å². The summed E-state index contributed by atoms with van der Waals surface area (Å²) in [6, 6.07) is 0. The number of aliphatic hydroxyl groups is 1. The van der Waals surface area contributed by atoms with E-state index in [0.717, 1.165) is 0 Å². The molecule has 0 aliphatic heterocycles. The Morgan fingerprint density at radius 2 is 2.40 bits per heavy atom. The van der Waals surface area contributed by atoms with Gasteiger partial charge in [-0.1, -0.05) is 6.92 Å². The Labute approximate surface area is 97.0 Å². The quantitative estimate of drug-likeness (QED) is 0.851. The van der Waals surface area contributed by atoms with Crippen LogP contribution >= 0.6 is 15.9 Å². The second-order valence-corrected chi connectivity index (χ2v) is 3.85. The van der Waals surface area contributed by atoms with Crippen molar-refractivity contribution in [3.05, 3.63) is 10.7 Å². The average Bonchev–Trinajstić information content (AvgIpc) is 2.27. The lowest BCUT2D eigenvalue weighted by atomic mass is 10.3. The lowest BCUT2D eigenvalue weighted by Gasteiger charge is -2.10. The predicted octanol–water partition coefficient (Wildman–Crippen LogP) is 1.43. The Kier molecular flexibility index (Phi) is 4.77. The van der Waals surface area contributed by atoms with E-state index in [9.17, 15) is 5.11 Å². The van der Waals surface area contributed by atoms with Gasteiger partial charge in [0, 0.05) is 6.54 Å². The number of hydrogen-bond donors (Lipinski definition) is 2. The Hall–Kier alpha value is -0.880. The SMILES string of the molecule is CCC(O)CNc1ncc(Br)c(OC)n1. The first-order valence-corrected chi connectivity index (χ1v) is 5.45. The van der Waals surface area contributed by atoms with Gasteiger partial charge in [-0.2, -0.15) is 4.98 Å². The van der Waals surface area contributed by atoms with Gasteiger partial charge >= 0.3 is 0 Å². The summed E-state index contributed by atoms with van der Waals surface area (Å²) >= 11 is 3.26. The molecule has 0 radical (unpaired) electrons. The standard InChI is InChI=1S/C9H14BrN3O2/c1-3-6(14)4-11-9-12-5-7(10)8(13-9)15-2/h5-6,14H,3-4H2,1-2H3,(H,11,12,13). The molecule has 0 amide bonds. The molecule has 0 fully saturated rings. The van der Waals surface area contributed by atoms with Crippen LogP contribution in [0.1, 0.15) is 13.3 Å². The molecule has 0 aliphatic rings. The maximum atomic E-state index is 9.34. The van der Waals surface area contributed by atoms with E-state index in [1.54, 1.807) is 6.20 Å². The van der Waals surface area contributed by atoms with Crippen LogP contribution in [0.4, 0.5) is 5.95 Å². The Morgan fingerprint density at radius 1 is 1.67 bits per heavy atom. The minimum atomic E-state index is -0.386. The first kappa shape index (κ1) is 12.2. The number of hydrogen-bond acceptors (Lipinski definition) is 5. The van der Waals surface area contributed by atoms with Crippen LogP contribution in [-0.2, 0) is 0 Å². The van der Waals surface area contributed by atoms with Crippen molar-refractivity contribution in [1.29, 1.82) is 0 Å². The molecule has 1 atom stereocenters. The van der Waals surface area contributed by atoms with Gasteiger partial charge in [0.2, 0.25) is 11.8 Å². The molecule has 5 nitrogen and oxygen atoms in total. The van der Waals surface area contributed by atoms with Crippen molar-refractivity contribution in [2.24, 2.45) is 0 Å². The van der Waals surface area contributed by atoms with Crippen molar-refractivity contribution in [1.82, 2.24) is 9.97 Å². The summed E-state index contributed by atoms with van der Waals surface area (Å²) in [5.41, 5.74) is 0. The number of methoxy groups -OCH3 is 1. The van der Waals surface area contributed by atoms with Crippen molar-refractivity contribution in [3.63, 3.8) is 0 Å². The van der Waals surface area contributed by atoms with Crippen molar-refractivity contribution in [2.45, 2.75) is 19.4 Å². The van der Waals surface area contributed by atoms with E-state index in [2.05, 4.69) is 31.2 Å². The molecule has 1 aromatic rings. The van der Waals surface area contributed by atoms with Gasteiger partial charge < -0.3 is 15.2 Å². The maximum Gasteiger partial charge on any atom is 0.232 e. The summed E-state index contributed by atoms with van der Waals surface area (Å²) < 4.78 is 5.72. The molecule has 1 aromatic heterocycles. The molecule has 84 valence electrons. The third-order valence-electron chi connectivity index (χ3n) is 1.87. The molecule has 2 N–H and O–H groups in total. The minimum absolute atomic E-state index is 0.386. The smallest absolute Gasteiger partial charge is 0.232 e. The third kappa shape index (κ3) is 3.64. The van der Waals surface area contributed by atoms with E-state index in [1.165, 1.54) is 7.11 Å². The van der Waals surface area contributed by atoms with E-state index in [1.807, 2.05) is 6.92 Å². The Balaban J connectivity index is 2.62. The van der Waals surface area contributed by atoms with Crippen LogP contribution in [-0.4, -0.2) is 34.8 Å². The molecule has 1 unspecified atom stereocenters. The second kappa shape index (κ2) is 5.87. The fraction of sp³-hybridized carbons (Fsp3) is 0.556. The van der Waals surface area contributed by atoms with E-state index in [4.69, 9.17) is 4.74 Å². The lowest BCUT2D eigenvalue weighted by Crippen LogP contribution is -2.19. The number of anilines is 1. The zero-order chi connectivity index (χ0) is 11.3. The molecule has 0 saturated heterocycles. The highest BCUT2D eigenvalue weighted by molar-refractivity contribution is 9.10. The zero-order valence-corrected chi connectivity index (χ0v) is 10.3. The monoisotopic (exact) mass is 275 g/mol. The van der Waals surface area contributed by atoms with Gasteiger partial charge in [0.05, 0.1) is 23.9 Å². The van der Waals surface area contributed by atoms with E-state index in [0.29, 0.717) is 29.3 Å². The van der Waals surface area contributed by atoms with E-state index < -0.39 is 0 Å². The summed E-state index contributed by atoms with van der Waals surface area (Å²) in [5, 5.41) is 12.3. The molecule has 0 aromatic carbocycles. The number of halogens is 1. The maximum absolute atomic E-state index is 9.34. The average molecular weight is 276 g/mol. The first-order chi connectivity index (χ1) is 7.17. The van der Waals surface area contributed by atoms with Gasteiger partial charge in [-0.05, 0) is 22.4 Å². The van der Waals surface area contributed by atoms with Gasteiger partial charge in [-0.3, -0.25) is 0 Å². The van der Waals surface area contributed by atoms with Crippen LogP contribution in [0, 0.1) is 0 Å². The highest BCUT2D eigenvalue weighted by atomic mass is 79.9. The molecular weight excluding hydrogens is 262 g/mol. The summed E-state index contributed by atoms with van der Waals surface area (Å²) in [4.78, 5) is 8.13. The van der Waals surface area contributed by atoms with Crippen LogP contribution in [0.5, 0.6) is 5.88 Å². The first-order valence-electron chi connectivity index (χ1n) is 4.65. The highest BCUT2D eigenvalue weighted by Crippen LogP contribution is 2.21. The minimum Gasteiger partial charge on any atom is -0.480 e. The summed E-state index contributed by atoms with van der Waals surface area (Å²) in [7, 11) is 1.54. The summed E-state index contributed by atoms with van der Waals surface area (Å²) in [6.45, 7) is 2.34. The van der Waals surface area contributed by atoms with Crippen molar-refractivity contribution >= 4 is 21.9 Å². The van der Waals surface area contributed by atoms with Crippen LogP contribution in [0.3, 0.4) is 0 Å². The van der Waals surface area contributed by atoms with Crippen LogP contribution in [0.2, 0.25) is 0 Å². The fourth-order valence-corrected chi connectivity index (χ4v) is 1.29. The fourth-order valence-electron chi connectivity index (χ4n) is 0.933.